The van der Waals surface area contributed by atoms with Crippen molar-refractivity contribution < 1.29 is 34.1 Å². The molecule has 1 atom stereocenters. The van der Waals surface area contributed by atoms with E-state index in [9.17, 15) is 24.3 Å². The van der Waals surface area contributed by atoms with Gasteiger partial charge in [-0.15, -0.1) is 0 Å². The first-order valence-electron chi connectivity index (χ1n) is 13.5. The molecule has 45 heavy (non-hydrogen) atoms. The summed E-state index contributed by atoms with van der Waals surface area (Å²) in [6.45, 7) is 0.270. The third-order valence-corrected chi connectivity index (χ3v) is 7.39. The Kier molecular flexibility index (Phi) is 9.32. The predicted octanol–water partition coefficient (Wildman–Crippen LogP) is 6.93. The molecule has 0 saturated carbocycles. The Labute approximate surface area is 267 Å². The van der Waals surface area contributed by atoms with Gasteiger partial charge in [0.1, 0.15) is 12.4 Å². The number of hydrogen-bond donors (Lipinski definition) is 3. The molecule has 0 saturated heterocycles. The van der Waals surface area contributed by atoms with E-state index in [-0.39, 0.29) is 28.5 Å². The van der Waals surface area contributed by atoms with Crippen molar-refractivity contribution in [3.8, 4) is 5.75 Å². The van der Waals surface area contributed by atoms with Gasteiger partial charge in [-0.05, 0) is 53.6 Å². The number of rotatable bonds is 10. The zero-order valence-electron chi connectivity index (χ0n) is 23.3. The van der Waals surface area contributed by atoms with Gasteiger partial charge in [0.25, 0.3) is 5.91 Å². The molecular formula is C34H24Cl2N2O7. The fourth-order valence-electron chi connectivity index (χ4n) is 4.78. The lowest BCUT2D eigenvalue weighted by Gasteiger charge is -2.27. The molecule has 3 N–H and O–H groups in total. The van der Waals surface area contributed by atoms with E-state index in [1.165, 1.54) is 35.2 Å². The van der Waals surface area contributed by atoms with Crippen LogP contribution in [0.3, 0.4) is 0 Å². The van der Waals surface area contributed by atoms with Crippen LogP contribution in [0.5, 0.6) is 5.75 Å². The highest BCUT2D eigenvalue weighted by atomic mass is 35.5. The van der Waals surface area contributed by atoms with Crippen LogP contribution < -0.4 is 15.0 Å². The molecule has 0 aliphatic carbocycles. The Hall–Kier alpha value is -5.38. The number of nitrogens with zero attached hydrogens (tertiary/aromatic N) is 1. The van der Waals surface area contributed by atoms with Crippen LogP contribution in [0.15, 0.2) is 121 Å². The van der Waals surface area contributed by atoms with Crippen LogP contribution in [0.4, 0.5) is 11.4 Å². The largest absolute Gasteiger partial charge is 0.503 e. The van der Waals surface area contributed by atoms with E-state index in [0.717, 1.165) is 11.6 Å². The molecule has 0 radical (unpaired) electrons. The quantitative estimate of drug-likeness (QED) is 0.126. The summed E-state index contributed by atoms with van der Waals surface area (Å²) in [6, 6.07) is 25.5. The monoisotopic (exact) mass is 642 g/mol. The summed E-state index contributed by atoms with van der Waals surface area (Å²) in [5.41, 5.74) is 1.79. The van der Waals surface area contributed by atoms with Crippen molar-refractivity contribution in [1.82, 2.24) is 0 Å². The van der Waals surface area contributed by atoms with E-state index in [0.29, 0.717) is 28.1 Å². The van der Waals surface area contributed by atoms with Crippen LogP contribution >= 0.6 is 23.2 Å². The van der Waals surface area contributed by atoms with Crippen LogP contribution in [0.25, 0.3) is 0 Å². The minimum Gasteiger partial charge on any atom is -0.503 e. The van der Waals surface area contributed by atoms with Crippen molar-refractivity contribution in [2.75, 3.05) is 10.2 Å². The minimum absolute atomic E-state index is 0.0628. The van der Waals surface area contributed by atoms with Gasteiger partial charge < -0.3 is 20.3 Å². The molecule has 1 heterocycles. The van der Waals surface area contributed by atoms with Crippen molar-refractivity contribution in [2.24, 2.45) is 0 Å². The highest BCUT2D eigenvalue weighted by molar-refractivity contribution is 6.32. The number of aliphatic hydroxyl groups is 1. The van der Waals surface area contributed by atoms with Gasteiger partial charge in [-0.1, -0.05) is 77.8 Å². The van der Waals surface area contributed by atoms with E-state index in [1.54, 1.807) is 36.4 Å². The molecule has 1 aliphatic heterocycles. The molecule has 11 heteroatoms. The number of amides is 2. The molecular weight excluding hydrogens is 619 g/mol. The van der Waals surface area contributed by atoms with Gasteiger partial charge >= 0.3 is 5.97 Å². The summed E-state index contributed by atoms with van der Waals surface area (Å²) in [7, 11) is 0. The van der Waals surface area contributed by atoms with E-state index < -0.39 is 35.4 Å². The molecule has 0 fully saturated rings. The third kappa shape index (κ3) is 7.06. The van der Waals surface area contributed by atoms with Gasteiger partial charge in [-0.3, -0.25) is 19.3 Å². The fraction of sp³-hybridized carbons (Fsp3) is 0.0588. The highest BCUT2D eigenvalue weighted by Gasteiger charge is 2.44. The van der Waals surface area contributed by atoms with Crippen molar-refractivity contribution in [3.05, 3.63) is 147 Å². The van der Waals surface area contributed by atoms with Crippen LogP contribution in [0, 0.1) is 0 Å². The maximum atomic E-state index is 14.0. The molecule has 4 aromatic carbocycles. The molecule has 0 bridgehead atoms. The highest BCUT2D eigenvalue weighted by Crippen LogP contribution is 2.44. The number of ether oxygens (including phenoxy) is 1. The zero-order chi connectivity index (χ0) is 32.1. The van der Waals surface area contributed by atoms with Gasteiger partial charge in [0.2, 0.25) is 5.91 Å². The van der Waals surface area contributed by atoms with Crippen LogP contribution in [0.2, 0.25) is 10.0 Å². The van der Waals surface area contributed by atoms with Gasteiger partial charge in [-0.2, -0.15) is 0 Å². The molecule has 1 unspecified atom stereocenters. The molecule has 226 valence electrons. The number of nitrogens with one attached hydrogen (secondary N) is 1. The predicted molar refractivity (Wildman–Crippen MR) is 170 cm³/mol. The molecule has 5 rings (SSSR count). The summed E-state index contributed by atoms with van der Waals surface area (Å²) >= 11 is 12.7. The molecule has 1 aliphatic rings. The number of halogens is 2. The lowest BCUT2D eigenvalue weighted by atomic mass is 9.92. The number of aliphatic carboxylic acids is 1. The number of carbonyl (C=O) groups is 4. The Bertz CT molecular complexity index is 1850. The molecule has 2 amide bonds. The van der Waals surface area contributed by atoms with Gasteiger partial charge in [-0.25, -0.2) is 4.79 Å². The summed E-state index contributed by atoms with van der Waals surface area (Å²) in [5, 5.41) is 23.0. The average molecular weight is 643 g/mol. The number of carboxylic acid groups (broad SMARTS) is 1. The SMILES string of the molecule is O=C(O)C=CC(=O)Nc1cccc(C(=O)C2=C(O)C(=O)N(c3ccc(OCc4ccccc4)c(Cl)c3)C2c2ccc(Cl)cc2)c1. The van der Waals surface area contributed by atoms with Crippen LogP contribution in [0.1, 0.15) is 27.5 Å². The number of Topliss-reactive ketones (excluding diaryl/α,β-unsaturated/α-hetero) is 1. The normalized spacial score (nSPS) is 14.6. The summed E-state index contributed by atoms with van der Waals surface area (Å²) in [4.78, 5) is 51.6. The fourth-order valence-corrected chi connectivity index (χ4v) is 5.14. The van der Waals surface area contributed by atoms with E-state index in [1.807, 2.05) is 30.3 Å². The lowest BCUT2D eigenvalue weighted by molar-refractivity contribution is -0.131. The number of aliphatic hydroxyl groups excluding tert-OH is 1. The Morgan fingerprint density at radius 3 is 2.31 bits per heavy atom. The zero-order valence-corrected chi connectivity index (χ0v) is 24.8. The van der Waals surface area contributed by atoms with E-state index in [2.05, 4.69) is 5.32 Å². The summed E-state index contributed by atoms with van der Waals surface area (Å²) in [6.07, 6.45) is 1.51. The standard InChI is InChI=1S/C34H24Cl2N2O7/c35-23-11-9-21(10-12-23)31-30(32(42)22-7-4-8-24(17-22)37-28(39)15-16-29(40)41)33(43)34(44)38(31)25-13-14-27(26(36)18-25)45-19-20-5-2-1-3-6-20/h1-18,31,43H,19H2,(H,37,39)(H,40,41). The topological polar surface area (TPSA) is 133 Å². The Morgan fingerprint density at radius 2 is 1.62 bits per heavy atom. The second-order valence-electron chi connectivity index (χ2n) is 9.85. The van der Waals surface area contributed by atoms with Crippen molar-refractivity contribution in [1.29, 1.82) is 0 Å². The average Bonchev–Trinajstić information content (AvgIpc) is 3.29. The minimum atomic E-state index is -1.30. The van der Waals surface area contributed by atoms with Crippen molar-refractivity contribution >= 4 is 58.1 Å². The van der Waals surface area contributed by atoms with E-state index >= 15 is 0 Å². The van der Waals surface area contributed by atoms with Crippen LogP contribution in [-0.4, -0.2) is 33.8 Å². The van der Waals surface area contributed by atoms with Gasteiger partial charge in [0, 0.05) is 34.1 Å². The Balaban J connectivity index is 1.48. The summed E-state index contributed by atoms with van der Waals surface area (Å²) in [5.74, 6) is -3.89. The second-order valence-corrected chi connectivity index (χ2v) is 10.7. The van der Waals surface area contributed by atoms with Gasteiger partial charge in [0.15, 0.2) is 11.5 Å². The van der Waals surface area contributed by atoms with Crippen molar-refractivity contribution in [2.45, 2.75) is 12.6 Å². The number of carbonyl (C=O) groups excluding carboxylic acids is 3. The number of benzene rings is 4. The number of ketones is 1. The second kappa shape index (κ2) is 13.5. The first kappa shape index (κ1) is 31.1. The van der Waals surface area contributed by atoms with E-state index in [4.69, 9.17) is 33.0 Å². The maximum Gasteiger partial charge on any atom is 0.328 e. The van der Waals surface area contributed by atoms with Gasteiger partial charge in [0.05, 0.1) is 16.6 Å². The maximum absolute atomic E-state index is 14.0. The van der Waals surface area contributed by atoms with Crippen molar-refractivity contribution in [3.63, 3.8) is 0 Å². The lowest BCUT2D eigenvalue weighted by Crippen LogP contribution is -2.31. The number of anilines is 2. The molecule has 0 aromatic heterocycles. The first-order valence-corrected chi connectivity index (χ1v) is 14.2. The molecule has 0 spiro atoms. The number of carboxylic acids is 1. The van der Waals surface area contributed by atoms with Crippen LogP contribution in [-0.2, 0) is 21.0 Å². The number of hydrogen-bond acceptors (Lipinski definition) is 6. The molecule has 9 nitrogen and oxygen atoms in total. The summed E-state index contributed by atoms with van der Waals surface area (Å²) < 4.78 is 5.87. The Morgan fingerprint density at radius 1 is 0.889 bits per heavy atom. The first-order chi connectivity index (χ1) is 21.6. The molecule has 4 aromatic rings. The third-order valence-electron chi connectivity index (χ3n) is 6.84. The smallest absolute Gasteiger partial charge is 0.328 e.